The Kier molecular flexibility index (Phi) is 6.98. The Morgan fingerprint density at radius 1 is 1.06 bits per heavy atom. The number of halogens is 1. The smallest absolute Gasteiger partial charge is 0.261 e. The van der Waals surface area contributed by atoms with E-state index in [0.717, 1.165) is 36.2 Å². The van der Waals surface area contributed by atoms with Gasteiger partial charge in [-0.2, -0.15) is 0 Å². The topological polar surface area (TPSA) is 91.7 Å². The lowest BCUT2D eigenvalue weighted by atomic mass is 10.1. The van der Waals surface area contributed by atoms with Crippen LogP contribution in [0.4, 0.5) is 5.69 Å². The maximum Gasteiger partial charge on any atom is 0.261 e. The quantitative estimate of drug-likeness (QED) is 0.461. The number of amides is 1. The van der Waals surface area contributed by atoms with Crippen molar-refractivity contribution in [1.29, 1.82) is 0 Å². The molecule has 7 nitrogen and oxygen atoms in total. The van der Waals surface area contributed by atoms with E-state index in [1.807, 2.05) is 12.1 Å². The molecule has 1 aromatic heterocycles. The molecule has 2 heterocycles. The van der Waals surface area contributed by atoms with Crippen LogP contribution >= 0.6 is 15.9 Å². The molecular weight excluding hydrogens is 494 g/mol. The van der Waals surface area contributed by atoms with E-state index < -0.39 is 10.0 Å². The van der Waals surface area contributed by atoms with Crippen LogP contribution in [-0.2, 0) is 10.0 Å². The highest BCUT2D eigenvalue weighted by Crippen LogP contribution is 2.25. The number of hydrogen-bond acceptors (Lipinski definition) is 5. The molecular formula is C23H24BrN3O4S. The summed E-state index contributed by atoms with van der Waals surface area (Å²) in [4.78, 5) is 15.1. The largest absolute Gasteiger partial charge is 0.468 e. The number of carbonyl (C=O) groups excluding carboxylic acids is 1. The molecule has 2 aromatic carbocycles. The summed E-state index contributed by atoms with van der Waals surface area (Å²) in [5.74, 6) is 0.476. The average molecular weight is 518 g/mol. The number of rotatable bonds is 8. The van der Waals surface area contributed by atoms with Crippen molar-refractivity contribution in [2.45, 2.75) is 23.8 Å². The molecule has 3 aromatic rings. The first-order valence-electron chi connectivity index (χ1n) is 10.4. The van der Waals surface area contributed by atoms with Crippen LogP contribution in [0.5, 0.6) is 0 Å². The summed E-state index contributed by atoms with van der Waals surface area (Å²) in [7, 11) is -3.83. The fraction of sp³-hybridized carbons (Fsp3) is 0.261. The highest BCUT2D eigenvalue weighted by molar-refractivity contribution is 9.10. The number of sulfonamides is 1. The highest BCUT2D eigenvalue weighted by Gasteiger charge is 2.26. The maximum atomic E-state index is 12.8. The van der Waals surface area contributed by atoms with Crippen LogP contribution < -0.4 is 10.0 Å². The van der Waals surface area contributed by atoms with Crippen molar-refractivity contribution in [2.24, 2.45) is 0 Å². The molecule has 0 radical (unpaired) electrons. The van der Waals surface area contributed by atoms with Gasteiger partial charge in [0.05, 0.1) is 17.2 Å². The molecule has 0 saturated carbocycles. The van der Waals surface area contributed by atoms with Gasteiger partial charge in [0.2, 0.25) is 0 Å². The van der Waals surface area contributed by atoms with Gasteiger partial charge in [0.25, 0.3) is 15.9 Å². The third-order valence-electron chi connectivity index (χ3n) is 5.41. The number of nitrogens with zero attached hydrogens (tertiary/aromatic N) is 1. The summed E-state index contributed by atoms with van der Waals surface area (Å²) in [6.07, 6.45) is 3.87. The fourth-order valence-corrected chi connectivity index (χ4v) is 5.14. The lowest BCUT2D eigenvalue weighted by Crippen LogP contribution is -2.36. The highest BCUT2D eigenvalue weighted by atomic mass is 79.9. The van der Waals surface area contributed by atoms with Crippen molar-refractivity contribution in [2.75, 3.05) is 24.4 Å². The third-order valence-corrected chi connectivity index (χ3v) is 7.32. The van der Waals surface area contributed by atoms with Gasteiger partial charge < -0.3 is 9.73 Å². The summed E-state index contributed by atoms with van der Waals surface area (Å²) in [5, 5.41) is 2.94. The van der Waals surface area contributed by atoms with Crippen molar-refractivity contribution < 1.29 is 17.6 Å². The van der Waals surface area contributed by atoms with E-state index in [4.69, 9.17) is 4.42 Å². The van der Waals surface area contributed by atoms with E-state index in [-0.39, 0.29) is 22.4 Å². The molecule has 2 N–H and O–H groups in total. The molecule has 9 heteroatoms. The molecule has 1 fully saturated rings. The molecule has 0 bridgehead atoms. The van der Waals surface area contributed by atoms with Gasteiger partial charge >= 0.3 is 0 Å². The normalized spacial score (nSPS) is 15.4. The summed E-state index contributed by atoms with van der Waals surface area (Å²) in [6, 6.07) is 16.5. The van der Waals surface area contributed by atoms with Crippen LogP contribution in [-0.4, -0.2) is 38.9 Å². The minimum Gasteiger partial charge on any atom is -0.468 e. The minimum absolute atomic E-state index is 0.0233. The van der Waals surface area contributed by atoms with E-state index >= 15 is 0 Å². The lowest BCUT2D eigenvalue weighted by molar-refractivity contribution is 0.0933. The van der Waals surface area contributed by atoms with Crippen LogP contribution in [0, 0.1) is 0 Å². The van der Waals surface area contributed by atoms with E-state index in [9.17, 15) is 13.2 Å². The number of furan rings is 1. The van der Waals surface area contributed by atoms with Crippen LogP contribution in [0.15, 0.2) is 80.7 Å². The number of nitrogens with one attached hydrogen (secondary N) is 2. The van der Waals surface area contributed by atoms with Crippen molar-refractivity contribution in [3.05, 3.63) is 82.7 Å². The van der Waals surface area contributed by atoms with E-state index in [1.54, 1.807) is 42.7 Å². The molecule has 0 aliphatic carbocycles. The van der Waals surface area contributed by atoms with E-state index in [2.05, 4.69) is 30.9 Å². The molecule has 1 aliphatic heterocycles. The molecule has 1 amide bonds. The second-order valence-corrected chi connectivity index (χ2v) is 10.2. The van der Waals surface area contributed by atoms with E-state index in [1.165, 1.54) is 12.1 Å². The van der Waals surface area contributed by atoms with Crippen molar-refractivity contribution in [3.8, 4) is 0 Å². The van der Waals surface area contributed by atoms with Crippen molar-refractivity contribution in [3.63, 3.8) is 0 Å². The number of benzene rings is 2. The molecule has 0 unspecified atom stereocenters. The number of likely N-dealkylation sites (tertiary alicyclic amines) is 1. The zero-order chi connectivity index (χ0) is 22.6. The maximum absolute atomic E-state index is 12.8. The molecule has 32 heavy (non-hydrogen) atoms. The van der Waals surface area contributed by atoms with Gasteiger partial charge in [-0.3, -0.25) is 14.4 Å². The minimum atomic E-state index is -3.83. The molecule has 1 atom stereocenters. The Labute approximate surface area is 196 Å². The summed E-state index contributed by atoms with van der Waals surface area (Å²) < 4.78 is 34.5. The molecule has 4 rings (SSSR count). The molecule has 168 valence electrons. The molecule has 1 aliphatic rings. The van der Waals surface area contributed by atoms with Gasteiger partial charge in [-0.25, -0.2) is 8.42 Å². The zero-order valence-electron chi connectivity index (χ0n) is 17.3. The number of anilines is 1. The standard InChI is InChI=1S/C23H24BrN3O4S/c24-18-8-10-19(11-9-18)26-32(29,30)20-6-3-5-17(15-20)23(28)25-16-21(22-7-4-14-31-22)27-12-1-2-13-27/h3-11,14-15,21,26H,1-2,12-13,16H2,(H,25,28)/t21-/m1/s1. The summed E-state index contributed by atoms with van der Waals surface area (Å²) in [5.41, 5.74) is 0.721. The number of carbonyl (C=O) groups is 1. The fourth-order valence-electron chi connectivity index (χ4n) is 3.77. The van der Waals surface area contributed by atoms with Crippen molar-refractivity contribution >= 4 is 37.5 Å². The van der Waals surface area contributed by atoms with Crippen molar-refractivity contribution in [1.82, 2.24) is 10.2 Å². The Hall–Kier alpha value is -2.62. The summed E-state index contributed by atoms with van der Waals surface area (Å²) >= 11 is 3.32. The molecule has 1 saturated heterocycles. The Morgan fingerprint density at radius 3 is 2.50 bits per heavy atom. The third kappa shape index (κ3) is 5.40. The van der Waals surface area contributed by atoms with Crippen LogP contribution in [0.25, 0.3) is 0 Å². The SMILES string of the molecule is O=C(NC[C@H](c1ccco1)N1CCCC1)c1cccc(S(=O)(=O)Nc2ccc(Br)cc2)c1. The first kappa shape index (κ1) is 22.6. The monoisotopic (exact) mass is 517 g/mol. The van der Waals surface area contributed by atoms with Gasteiger partial charge in [-0.05, 0) is 80.5 Å². The Balaban J connectivity index is 1.46. The first-order valence-corrected chi connectivity index (χ1v) is 12.6. The second-order valence-electron chi connectivity index (χ2n) is 7.62. The predicted octanol–water partition coefficient (Wildman–Crippen LogP) is 4.41. The summed E-state index contributed by atoms with van der Waals surface area (Å²) in [6.45, 7) is 2.29. The average Bonchev–Trinajstić information content (AvgIpc) is 3.50. The van der Waals surface area contributed by atoms with Crippen LogP contribution in [0.3, 0.4) is 0 Å². The first-order chi connectivity index (χ1) is 15.4. The second kappa shape index (κ2) is 9.89. The lowest BCUT2D eigenvalue weighted by Gasteiger charge is -2.26. The van der Waals surface area contributed by atoms with Crippen LogP contribution in [0.1, 0.15) is 35.0 Å². The van der Waals surface area contributed by atoms with E-state index in [0.29, 0.717) is 12.2 Å². The molecule has 0 spiro atoms. The van der Waals surface area contributed by atoms with Gasteiger partial charge in [0.1, 0.15) is 5.76 Å². The van der Waals surface area contributed by atoms with Gasteiger partial charge in [-0.1, -0.05) is 22.0 Å². The zero-order valence-corrected chi connectivity index (χ0v) is 19.7. The van der Waals surface area contributed by atoms with Gasteiger partial charge in [0.15, 0.2) is 0 Å². The van der Waals surface area contributed by atoms with Gasteiger partial charge in [0, 0.05) is 22.3 Å². The Morgan fingerprint density at radius 2 is 1.81 bits per heavy atom. The van der Waals surface area contributed by atoms with Gasteiger partial charge in [-0.15, -0.1) is 0 Å². The Bertz CT molecular complexity index is 1160. The van der Waals surface area contributed by atoms with Crippen LogP contribution in [0.2, 0.25) is 0 Å². The number of hydrogen-bond donors (Lipinski definition) is 2. The predicted molar refractivity (Wildman–Crippen MR) is 126 cm³/mol.